The van der Waals surface area contributed by atoms with Crippen molar-refractivity contribution in [3.05, 3.63) is 29.8 Å². The molecule has 0 amide bonds. The highest BCUT2D eigenvalue weighted by molar-refractivity contribution is 5.87. The predicted molar refractivity (Wildman–Crippen MR) is 61.3 cm³/mol. The van der Waals surface area contributed by atoms with E-state index in [1.807, 2.05) is 0 Å². The smallest absolute Gasteiger partial charge is 0.335 e. The Kier molecular flexibility index (Phi) is 5.45. The zero-order valence-corrected chi connectivity index (χ0v) is 9.88. The molecule has 5 nitrogen and oxygen atoms in total. The molecule has 1 N–H and O–H groups in total. The number of hydrogen-bond donors (Lipinski definition) is 1. The van der Waals surface area contributed by atoms with E-state index in [2.05, 4.69) is 0 Å². The lowest BCUT2D eigenvalue weighted by atomic mass is 10.2. The predicted octanol–water partition coefficient (Wildman–Crippen LogP) is 1.77. The normalized spacial score (nSPS) is 12.1. The fourth-order valence-electron chi connectivity index (χ4n) is 1.16. The van der Waals surface area contributed by atoms with Crippen molar-refractivity contribution in [3.63, 3.8) is 0 Å². The Labute approximate surface area is 99.9 Å². The first-order valence-electron chi connectivity index (χ1n) is 5.24. The molecule has 17 heavy (non-hydrogen) atoms. The van der Waals surface area contributed by atoms with Crippen molar-refractivity contribution in [2.24, 2.45) is 0 Å². The van der Waals surface area contributed by atoms with Gasteiger partial charge in [0.2, 0.25) is 0 Å². The minimum absolute atomic E-state index is 0.202. The van der Waals surface area contributed by atoms with Gasteiger partial charge in [-0.25, -0.2) is 4.79 Å². The summed E-state index contributed by atoms with van der Waals surface area (Å²) in [6.07, 6.45) is -0.274. The number of rotatable bonds is 7. The van der Waals surface area contributed by atoms with Crippen LogP contribution in [0, 0.1) is 0 Å². The average molecular weight is 240 g/mol. The van der Waals surface area contributed by atoms with Crippen LogP contribution in [-0.4, -0.2) is 37.7 Å². The van der Waals surface area contributed by atoms with Crippen LogP contribution in [0.15, 0.2) is 24.3 Å². The van der Waals surface area contributed by atoms with Crippen molar-refractivity contribution >= 4 is 5.97 Å². The second-order valence-electron chi connectivity index (χ2n) is 3.36. The van der Waals surface area contributed by atoms with E-state index < -0.39 is 5.97 Å². The number of methoxy groups -OCH3 is 1. The first kappa shape index (κ1) is 13.5. The number of ether oxygens (including phenoxy) is 3. The number of aromatic carboxylic acids is 1. The van der Waals surface area contributed by atoms with E-state index in [0.717, 1.165) is 0 Å². The fraction of sp³-hybridized carbons (Fsp3) is 0.417. The summed E-state index contributed by atoms with van der Waals surface area (Å²) in [6.45, 7) is 2.51. The Balaban J connectivity index is 2.36. The van der Waals surface area contributed by atoms with Gasteiger partial charge in [0.25, 0.3) is 0 Å². The third kappa shape index (κ3) is 4.84. The van der Waals surface area contributed by atoms with Gasteiger partial charge in [-0.05, 0) is 25.1 Å². The van der Waals surface area contributed by atoms with Gasteiger partial charge in [0.15, 0.2) is 6.29 Å². The van der Waals surface area contributed by atoms with Crippen molar-refractivity contribution in [1.29, 1.82) is 0 Å². The van der Waals surface area contributed by atoms with E-state index in [-0.39, 0.29) is 11.9 Å². The Morgan fingerprint density at radius 1 is 1.41 bits per heavy atom. The Morgan fingerprint density at radius 2 is 2.18 bits per heavy atom. The highest BCUT2D eigenvalue weighted by Gasteiger charge is 2.04. The standard InChI is InChI=1S/C12H16O5/c1-9(15-2)16-6-7-17-11-5-3-4-10(8-11)12(13)14/h3-5,8-9H,6-7H2,1-2H3,(H,13,14). The molecule has 94 valence electrons. The highest BCUT2D eigenvalue weighted by Crippen LogP contribution is 2.13. The molecule has 5 heteroatoms. The van der Waals surface area contributed by atoms with Crippen LogP contribution in [0.3, 0.4) is 0 Å². The topological polar surface area (TPSA) is 65.0 Å². The molecule has 0 bridgehead atoms. The van der Waals surface area contributed by atoms with Crippen LogP contribution < -0.4 is 4.74 Å². The minimum Gasteiger partial charge on any atom is -0.491 e. The van der Waals surface area contributed by atoms with E-state index >= 15 is 0 Å². The highest BCUT2D eigenvalue weighted by atomic mass is 16.7. The van der Waals surface area contributed by atoms with Crippen LogP contribution in [-0.2, 0) is 9.47 Å². The zero-order chi connectivity index (χ0) is 12.7. The van der Waals surface area contributed by atoms with Gasteiger partial charge in [0.1, 0.15) is 12.4 Å². The van der Waals surface area contributed by atoms with Crippen LogP contribution >= 0.6 is 0 Å². The monoisotopic (exact) mass is 240 g/mol. The number of benzene rings is 1. The molecule has 1 rings (SSSR count). The molecule has 0 aliphatic rings. The van der Waals surface area contributed by atoms with Gasteiger partial charge in [-0.2, -0.15) is 0 Å². The van der Waals surface area contributed by atoms with Gasteiger partial charge in [0.05, 0.1) is 12.2 Å². The average Bonchev–Trinajstić information content (AvgIpc) is 2.34. The Morgan fingerprint density at radius 3 is 2.82 bits per heavy atom. The van der Waals surface area contributed by atoms with E-state index in [1.165, 1.54) is 12.1 Å². The number of carboxylic acids is 1. The quantitative estimate of drug-likeness (QED) is 0.581. The molecular formula is C12H16O5. The summed E-state index contributed by atoms with van der Waals surface area (Å²) in [5, 5.41) is 8.79. The molecule has 0 heterocycles. The lowest BCUT2D eigenvalue weighted by Crippen LogP contribution is -2.15. The summed E-state index contributed by atoms with van der Waals surface area (Å²) >= 11 is 0. The third-order valence-electron chi connectivity index (χ3n) is 2.12. The summed E-state index contributed by atoms with van der Waals surface area (Å²) in [5.41, 5.74) is 0.202. The van der Waals surface area contributed by atoms with Crippen molar-refractivity contribution in [1.82, 2.24) is 0 Å². The molecule has 0 aromatic heterocycles. The second kappa shape index (κ2) is 6.88. The first-order chi connectivity index (χ1) is 8.13. The van der Waals surface area contributed by atoms with Gasteiger partial charge in [-0.1, -0.05) is 6.07 Å². The van der Waals surface area contributed by atoms with Crippen LogP contribution in [0.5, 0.6) is 5.75 Å². The summed E-state index contributed by atoms with van der Waals surface area (Å²) in [6, 6.07) is 6.32. The number of carboxylic acid groups (broad SMARTS) is 1. The minimum atomic E-state index is -0.972. The van der Waals surface area contributed by atoms with E-state index in [0.29, 0.717) is 19.0 Å². The largest absolute Gasteiger partial charge is 0.491 e. The van der Waals surface area contributed by atoms with Crippen LogP contribution in [0.4, 0.5) is 0 Å². The molecular weight excluding hydrogens is 224 g/mol. The molecule has 1 atom stereocenters. The summed E-state index contributed by atoms with van der Waals surface area (Å²) < 4.78 is 15.5. The van der Waals surface area contributed by atoms with E-state index in [4.69, 9.17) is 19.3 Å². The molecule has 0 aliphatic heterocycles. The molecule has 1 aromatic carbocycles. The lowest BCUT2D eigenvalue weighted by Gasteiger charge is -2.11. The SMILES string of the molecule is COC(C)OCCOc1cccc(C(=O)O)c1. The van der Waals surface area contributed by atoms with Gasteiger partial charge < -0.3 is 19.3 Å². The fourth-order valence-corrected chi connectivity index (χ4v) is 1.16. The first-order valence-corrected chi connectivity index (χ1v) is 5.24. The number of hydrogen-bond acceptors (Lipinski definition) is 4. The van der Waals surface area contributed by atoms with Crippen LogP contribution in [0.2, 0.25) is 0 Å². The van der Waals surface area contributed by atoms with Crippen molar-refractivity contribution in [3.8, 4) is 5.75 Å². The third-order valence-corrected chi connectivity index (χ3v) is 2.12. The van der Waals surface area contributed by atoms with Gasteiger partial charge in [-0.15, -0.1) is 0 Å². The van der Waals surface area contributed by atoms with Gasteiger partial charge in [-0.3, -0.25) is 0 Å². The summed E-state index contributed by atoms with van der Waals surface area (Å²) in [7, 11) is 1.56. The molecule has 0 spiro atoms. The molecule has 0 saturated heterocycles. The maximum atomic E-state index is 10.7. The number of carbonyl (C=O) groups is 1. The van der Waals surface area contributed by atoms with Gasteiger partial charge >= 0.3 is 5.97 Å². The van der Waals surface area contributed by atoms with Crippen molar-refractivity contribution in [2.45, 2.75) is 13.2 Å². The molecule has 1 aromatic rings. The molecule has 1 unspecified atom stereocenters. The van der Waals surface area contributed by atoms with E-state index in [9.17, 15) is 4.79 Å². The summed E-state index contributed by atoms with van der Waals surface area (Å²) in [4.78, 5) is 10.7. The van der Waals surface area contributed by atoms with Crippen LogP contribution in [0.1, 0.15) is 17.3 Å². The van der Waals surface area contributed by atoms with Gasteiger partial charge in [0, 0.05) is 7.11 Å². The van der Waals surface area contributed by atoms with Crippen LogP contribution in [0.25, 0.3) is 0 Å². The zero-order valence-electron chi connectivity index (χ0n) is 9.88. The molecule has 0 saturated carbocycles. The molecule has 0 aliphatic carbocycles. The lowest BCUT2D eigenvalue weighted by molar-refractivity contribution is -0.115. The Hall–Kier alpha value is -1.59. The van der Waals surface area contributed by atoms with E-state index in [1.54, 1.807) is 26.2 Å². The summed E-state index contributed by atoms with van der Waals surface area (Å²) in [5.74, 6) is -0.460. The molecule has 0 fully saturated rings. The Bertz CT molecular complexity index is 364. The van der Waals surface area contributed by atoms with Crippen molar-refractivity contribution < 1.29 is 24.1 Å². The maximum absolute atomic E-state index is 10.7. The van der Waals surface area contributed by atoms with Crippen molar-refractivity contribution in [2.75, 3.05) is 20.3 Å². The second-order valence-corrected chi connectivity index (χ2v) is 3.36. The molecule has 0 radical (unpaired) electrons. The maximum Gasteiger partial charge on any atom is 0.335 e.